The molecule has 0 saturated heterocycles. The Balaban J connectivity index is 1.81. The molecule has 3 rings (SSSR count). The number of hydrogen-bond donors (Lipinski definition) is 1. The second kappa shape index (κ2) is 6.87. The number of nitrogens with zero attached hydrogens (tertiary/aromatic N) is 2. The van der Waals surface area contributed by atoms with Crippen LogP contribution in [-0.4, -0.2) is 16.5 Å². The van der Waals surface area contributed by atoms with Crippen molar-refractivity contribution < 1.29 is 0 Å². The Kier molecular flexibility index (Phi) is 4.89. The van der Waals surface area contributed by atoms with Crippen LogP contribution in [0.25, 0.3) is 0 Å². The molecule has 1 heterocycles. The van der Waals surface area contributed by atoms with Gasteiger partial charge in [0.1, 0.15) is 5.82 Å². The average Bonchev–Trinajstić information content (AvgIpc) is 2.91. The third-order valence-electron chi connectivity index (χ3n) is 5.38. The predicted octanol–water partition coefficient (Wildman–Crippen LogP) is 4.15. The van der Waals surface area contributed by atoms with E-state index in [0.717, 1.165) is 24.7 Å². The first-order valence-corrected chi connectivity index (χ1v) is 8.90. The zero-order chi connectivity index (χ0) is 14.7. The Morgan fingerprint density at radius 3 is 2.86 bits per heavy atom. The van der Waals surface area contributed by atoms with Crippen molar-refractivity contribution >= 4 is 0 Å². The lowest BCUT2D eigenvalue weighted by atomic mass is 10.0. The van der Waals surface area contributed by atoms with Crippen LogP contribution in [-0.2, 0) is 6.42 Å². The van der Waals surface area contributed by atoms with Gasteiger partial charge in [-0.15, -0.1) is 0 Å². The van der Waals surface area contributed by atoms with Crippen molar-refractivity contribution in [2.45, 2.75) is 77.2 Å². The summed E-state index contributed by atoms with van der Waals surface area (Å²) in [4.78, 5) is 9.77. The van der Waals surface area contributed by atoms with Crippen molar-refractivity contribution in [2.24, 2.45) is 5.92 Å². The molecule has 0 spiro atoms. The molecule has 0 aliphatic heterocycles. The number of aryl methyl sites for hydroxylation is 1. The molecule has 116 valence electrons. The molecule has 3 atom stereocenters. The van der Waals surface area contributed by atoms with Crippen LogP contribution in [0.15, 0.2) is 6.20 Å². The summed E-state index contributed by atoms with van der Waals surface area (Å²) < 4.78 is 0. The van der Waals surface area contributed by atoms with E-state index in [-0.39, 0.29) is 0 Å². The Bertz CT molecular complexity index is 472. The lowest BCUT2D eigenvalue weighted by molar-refractivity contribution is 0.500. The first-order chi connectivity index (χ1) is 10.3. The fourth-order valence-corrected chi connectivity index (χ4v) is 4.06. The molecule has 1 N–H and O–H groups in total. The Labute approximate surface area is 129 Å². The van der Waals surface area contributed by atoms with Crippen molar-refractivity contribution in [3.05, 3.63) is 23.3 Å². The second-order valence-electron chi connectivity index (χ2n) is 6.77. The standard InChI is InChI=1S/C18H29N3/c1-3-13-9-10-14(11-13)18-20-12-15-16(19-4-2)7-5-6-8-17(15)21-18/h12-14,16,19H,3-11H2,1-2H3. The van der Waals surface area contributed by atoms with Crippen LogP contribution in [0, 0.1) is 5.92 Å². The molecule has 3 unspecified atom stereocenters. The third-order valence-corrected chi connectivity index (χ3v) is 5.38. The number of hydrogen-bond acceptors (Lipinski definition) is 3. The maximum absolute atomic E-state index is 5.01. The van der Waals surface area contributed by atoms with Crippen molar-refractivity contribution in [2.75, 3.05) is 6.54 Å². The molecule has 1 aromatic rings. The highest BCUT2D eigenvalue weighted by molar-refractivity contribution is 5.24. The number of fused-ring (bicyclic) bond motifs is 1. The van der Waals surface area contributed by atoms with Crippen LogP contribution in [0.4, 0.5) is 0 Å². The van der Waals surface area contributed by atoms with Gasteiger partial charge >= 0.3 is 0 Å². The summed E-state index contributed by atoms with van der Waals surface area (Å²) in [6, 6.07) is 0.466. The van der Waals surface area contributed by atoms with Gasteiger partial charge < -0.3 is 5.32 Å². The van der Waals surface area contributed by atoms with Crippen LogP contribution in [0.3, 0.4) is 0 Å². The highest BCUT2D eigenvalue weighted by Crippen LogP contribution is 2.39. The van der Waals surface area contributed by atoms with Crippen LogP contribution < -0.4 is 5.32 Å². The molecule has 1 aromatic heterocycles. The zero-order valence-corrected chi connectivity index (χ0v) is 13.6. The van der Waals surface area contributed by atoms with Crippen LogP contribution in [0.1, 0.15) is 87.8 Å². The molecule has 0 aromatic carbocycles. The van der Waals surface area contributed by atoms with Gasteiger partial charge in [-0.05, 0) is 51.0 Å². The first-order valence-electron chi connectivity index (χ1n) is 8.90. The summed E-state index contributed by atoms with van der Waals surface area (Å²) in [6.45, 7) is 5.52. The Hall–Kier alpha value is -0.960. The van der Waals surface area contributed by atoms with Crippen molar-refractivity contribution in [3.8, 4) is 0 Å². The van der Waals surface area contributed by atoms with Crippen molar-refractivity contribution in [3.63, 3.8) is 0 Å². The quantitative estimate of drug-likeness (QED) is 0.845. The van der Waals surface area contributed by atoms with Crippen LogP contribution in [0.5, 0.6) is 0 Å². The fraction of sp³-hybridized carbons (Fsp3) is 0.778. The normalized spacial score (nSPS) is 29.1. The molecule has 2 aliphatic carbocycles. The molecule has 3 nitrogen and oxygen atoms in total. The van der Waals surface area contributed by atoms with Gasteiger partial charge in [0, 0.05) is 29.4 Å². The minimum absolute atomic E-state index is 0.466. The van der Waals surface area contributed by atoms with E-state index >= 15 is 0 Å². The van der Waals surface area contributed by atoms with Crippen LogP contribution >= 0.6 is 0 Å². The predicted molar refractivity (Wildman–Crippen MR) is 86.4 cm³/mol. The lowest BCUT2D eigenvalue weighted by Gasteiger charge is -2.19. The molecule has 3 heteroatoms. The molecular weight excluding hydrogens is 258 g/mol. The van der Waals surface area contributed by atoms with Gasteiger partial charge in [0.2, 0.25) is 0 Å². The van der Waals surface area contributed by atoms with E-state index in [1.54, 1.807) is 0 Å². The summed E-state index contributed by atoms with van der Waals surface area (Å²) in [5, 5.41) is 3.61. The highest BCUT2D eigenvalue weighted by Gasteiger charge is 2.28. The fourth-order valence-electron chi connectivity index (χ4n) is 4.06. The van der Waals surface area contributed by atoms with Crippen molar-refractivity contribution in [1.82, 2.24) is 15.3 Å². The Morgan fingerprint density at radius 2 is 2.10 bits per heavy atom. The lowest BCUT2D eigenvalue weighted by Crippen LogP contribution is -2.22. The van der Waals surface area contributed by atoms with E-state index in [1.165, 1.54) is 56.2 Å². The minimum atomic E-state index is 0.466. The van der Waals surface area contributed by atoms with Gasteiger partial charge in [0.05, 0.1) is 0 Å². The second-order valence-corrected chi connectivity index (χ2v) is 6.77. The molecular formula is C18H29N3. The van der Waals surface area contributed by atoms with Crippen LogP contribution in [0.2, 0.25) is 0 Å². The zero-order valence-electron chi connectivity index (χ0n) is 13.6. The molecule has 0 radical (unpaired) electrons. The molecule has 21 heavy (non-hydrogen) atoms. The third kappa shape index (κ3) is 3.28. The van der Waals surface area contributed by atoms with E-state index in [9.17, 15) is 0 Å². The maximum atomic E-state index is 5.01. The first kappa shape index (κ1) is 15.0. The summed E-state index contributed by atoms with van der Waals surface area (Å²) in [5.74, 6) is 2.63. The molecule has 0 bridgehead atoms. The van der Waals surface area contributed by atoms with Gasteiger partial charge in [0.25, 0.3) is 0 Å². The average molecular weight is 287 g/mol. The number of nitrogens with one attached hydrogen (secondary N) is 1. The van der Waals surface area contributed by atoms with Gasteiger partial charge in [-0.3, -0.25) is 0 Å². The smallest absolute Gasteiger partial charge is 0.131 e. The minimum Gasteiger partial charge on any atom is -0.310 e. The largest absolute Gasteiger partial charge is 0.310 e. The molecule has 1 saturated carbocycles. The molecule has 1 fully saturated rings. The summed E-state index contributed by atoms with van der Waals surface area (Å²) in [7, 11) is 0. The van der Waals surface area contributed by atoms with E-state index in [2.05, 4.69) is 25.4 Å². The van der Waals surface area contributed by atoms with E-state index in [4.69, 9.17) is 9.97 Å². The van der Waals surface area contributed by atoms with E-state index < -0.39 is 0 Å². The van der Waals surface area contributed by atoms with Gasteiger partial charge in [-0.1, -0.05) is 26.7 Å². The van der Waals surface area contributed by atoms with Gasteiger partial charge in [-0.2, -0.15) is 0 Å². The topological polar surface area (TPSA) is 37.8 Å². The number of aromatic nitrogens is 2. The van der Waals surface area contributed by atoms with Gasteiger partial charge in [-0.25, -0.2) is 9.97 Å². The summed E-state index contributed by atoms with van der Waals surface area (Å²) >= 11 is 0. The van der Waals surface area contributed by atoms with E-state index in [1.807, 2.05) is 0 Å². The van der Waals surface area contributed by atoms with Gasteiger partial charge in [0.15, 0.2) is 0 Å². The highest BCUT2D eigenvalue weighted by atomic mass is 14.9. The monoisotopic (exact) mass is 287 g/mol. The SMILES string of the molecule is CCNC1CCCCc2nc(C3CCC(CC)C3)ncc21. The molecule has 0 amide bonds. The summed E-state index contributed by atoms with van der Waals surface area (Å²) in [5.41, 5.74) is 2.69. The van der Waals surface area contributed by atoms with Crippen molar-refractivity contribution in [1.29, 1.82) is 0 Å². The molecule has 2 aliphatic rings. The van der Waals surface area contributed by atoms with E-state index in [0.29, 0.717) is 12.0 Å². The Morgan fingerprint density at radius 1 is 1.19 bits per heavy atom. The maximum Gasteiger partial charge on any atom is 0.131 e. The summed E-state index contributed by atoms with van der Waals surface area (Å²) in [6.07, 6.45) is 12.3. The number of rotatable bonds is 4.